The molecule has 3 aromatic rings. The van der Waals surface area contributed by atoms with Crippen LogP contribution in [-0.4, -0.2) is 29.3 Å². The van der Waals surface area contributed by atoms with E-state index in [2.05, 4.69) is 29.3 Å². The molecule has 3 rings (SSSR count). The topological polar surface area (TPSA) is 68.7 Å². The van der Waals surface area contributed by atoms with Crippen LogP contribution in [0.4, 0.5) is 0 Å². The fourth-order valence-electron chi connectivity index (χ4n) is 3.33. The zero-order valence-electron chi connectivity index (χ0n) is 18.9. The minimum Gasteiger partial charge on any atom is -0.494 e. The molecule has 0 saturated carbocycles. The van der Waals surface area contributed by atoms with Gasteiger partial charge in [0.05, 0.1) is 18.8 Å². The number of benzene rings is 2. The van der Waals surface area contributed by atoms with Crippen LogP contribution in [-0.2, 0) is 0 Å². The average molecular weight is 446 g/mol. The van der Waals surface area contributed by atoms with Crippen molar-refractivity contribution in [2.45, 2.75) is 38.5 Å². The van der Waals surface area contributed by atoms with Crippen molar-refractivity contribution in [2.24, 2.45) is 0 Å². The number of aromatic carboxylic acids is 1. The first kappa shape index (κ1) is 24.1. The molecular formula is C28H31NO4. The molecule has 5 nitrogen and oxygen atoms in total. The van der Waals surface area contributed by atoms with Crippen LogP contribution in [0.3, 0.4) is 0 Å². The van der Waals surface area contributed by atoms with Gasteiger partial charge in [-0.05, 0) is 72.5 Å². The van der Waals surface area contributed by atoms with E-state index in [-0.39, 0.29) is 5.56 Å². The van der Waals surface area contributed by atoms with Crippen molar-refractivity contribution in [3.8, 4) is 11.5 Å². The summed E-state index contributed by atoms with van der Waals surface area (Å²) >= 11 is 0. The number of aromatic nitrogens is 1. The van der Waals surface area contributed by atoms with Gasteiger partial charge in [-0.3, -0.25) is 4.98 Å². The summed E-state index contributed by atoms with van der Waals surface area (Å²) in [5, 5.41) is 8.89. The lowest BCUT2D eigenvalue weighted by molar-refractivity contribution is 0.0697. The van der Waals surface area contributed by atoms with E-state index in [1.165, 1.54) is 12.8 Å². The predicted molar refractivity (Wildman–Crippen MR) is 132 cm³/mol. The van der Waals surface area contributed by atoms with Gasteiger partial charge >= 0.3 is 5.97 Å². The molecule has 0 aliphatic heterocycles. The zero-order valence-corrected chi connectivity index (χ0v) is 18.9. The van der Waals surface area contributed by atoms with Crippen LogP contribution in [0.15, 0.2) is 73.1 Å². The Morgan fingerprint density at radius 1 is 0.667 bits per heavy atom. The Hall–Kier alpha value is -3.60. The van der Waals surface area contributed by atoms with Crippen molar-refractivity contribution in [3.63, 3.8) is 0 Å². The molecule has 1 N–H and O–H groups in total. The highest BCUT2D eigenvalue weighted by Crippen LogP contribution is 2.16. The third kappa shape index (κ3) is 9.19. The monoisotopic (exact) mass is 445 g/mol. The molecule has 172 valence electrons. The molecule has 0 aliphatic carbocycles. The molecule has 0 radical (unpaired) electrons. The molecule has 33 heavy (non-hydrogen) atoms. The molecule has 0 unspecified atom stereocenters. The number of ether oxygens (including phenoxy) is 2. The Labute approximate surface area is 195 Å². The van der Waals surface area contributed by atoms with Gasteiger partial charge in [0.2, 0.25) is 0 Å². The minimum absolute atomic E-state index is 0.275. The largest absolute Gasteiger partial charge is 0.494 e. The summed E-state index contributed by atoms with van der Waals surface area (Å²) < 4.78 is 11.5. The Morgan fingerprint density at radius 2 is 1.12 bits per heavy atom. The number of hydrogen-bond donors (Lipinski definition) is 1. The maximum absolute atomic E-state index is 10.8. The highest BCUT2D eigenvalue weighted by molar-refractivity contribution is 5.87. The third-order valence-electron chi connectivity index (χ3n) is 5.23. The van der Waals surface area contributed by atoms with Gasteiger partial charge in [-0.15, -0.1) is 0 Å². The van der Waals surface area contributed by atoms with Crippen molar-refractivity contribution < 1.29 is 19.4 Å². The first-order valence-corrected chi connectivity index (χ1v) is 11.5. The summed E-state index contributed by atoms with van der Waals surface area (Å²) in [5.74, 6) is 0.703. The first-order chi connectivity index (χ1) is 16.2. The van der Waals surface area contributed by atoms with Crippen molar-refractivity contribution in [3.05, 3.63) is 89.7 Å². The summed E-state index contributed by atoms with van der Waals surface area (Å²) in [6.07, 6.45) is 14.4. The van der Waals surface area contributed by atoms with Crippen LogP contribution in [0, 0.1) is 0 Å². The third-order valence-corrected chi connectivity index (χ3v) is 5.23. The smallest absolute Gasteiger partial charge is 0.335 e. The maximum Gasteiger partial charge on any atom is 0.335 e. The van der Waals surface area contributed by atoms with E-state index >= 15 is 0 Å². The predicted octanol–water partition coefficient (Wildman–Crippen LogP) is 6.75. The molecular weight excluding hydrogens is 414 g/mol. The Bertz CT molecular complexity index is 983. The van der Waals surface area contributed by atoms with Gasteiger partial charge < -0.3 is 14.6 Å². The van der Waals surface area contributed by atoms with Crippen LogP contribution in [0.25, 0.3) is 12.2 Å². The highest BCUT2D eigenvalue weighted by Gasteiger charge is 2.02. The van der Waals surface area contributed by atoms with Crippen LogP contribution >= 0.6 is 0 Å². The Kier molecular flexibility index (Phi) is 10.0. The summed E-state index contributed by atoms with van der Waals surface area (Å²) in [5.41, 5.74) is 2.54. The number of carbonyl (C=O) groups is 1. The number of unbranched alkanes of at least 4 members (excludes halogenated alkanes) is 5. The quantitative estimate of drug-likeness (QED) is 0.278. The van der Waals surface area contributed by atoms with E-state index in [1.54, 1.807) is 36.7 Å². The Morgan fingerprint density at radius 3 is 1.64 bits per heavy atom. The van der Waals surface area contributed by atoms with Gasteiger partial charge in [0.15, 0.2) is 0 Å². The fourth-order valence-corrected chi connectivity index (χ4v) is 3.33. The van der Waals surface area contributed by atoms with E-state index in [9.17, 15) is 4.79 Å². The second-order valence-corrected chi connectivity index (χ2v) is 7.83. The molecule has 0 spiro atoms. The second kappa shape index (κ2) is 13.7. The van der Waals surface area contributed by atoms with E-state index in [0.29, 0.717) is 6.61 Å². The van der Waals surface area contributed by atoms with E-state index < -0.39 is 5.97 Å². The SMILES string of the molecule is O=C(O)c1ccc(OCCCCCCCCOc2ccc(/C=C/c3ccncc3)cc2)cc1. The zero-order chi connectivity index (χ0) is 23.1. The Balaban J connectivity index is 1.19. The van der Waals surface area contributed by atoms with Crippen molar-refractivity contribution in [1.82, 2.24) is 4.98 Å². The van der Waals surface area contributed by atoms with E-state index in [4.69, 9.17) is 14.6 Å². The molecule has 0 atom stereocenters. The van der Waals surface area contributed by atoms with Gasteiger partial charge in [0.25, 0.3) is 0 Å². The number of carboxylic acids is 1. The second-order valence-electron chi connectivity index (χ2n) is 7.83. The summed E-state index contributed by atoms with van der Waals surface area (Å²) in [6, 6.07) is 18.7. The maximum atomic E-state index is 10.8. The molecule has 1 heterocycles. The molecule has 0 aliphatic rings. The fraction of sp³-hybridized carbons (Fsp3) is 0.286. The van der Waals surface area contributed by atoms with Crippen molar-refractivity contribution in [1.29, 1.82) is 0 Å². The summed E-state index contributed by atoms with van der Waals surface area (Å²) in [7, 11) is 0. The minimum atomic E-state index is -0.921. The molecule has 0 amide bonds. The molecule has 0 fully saturated rings. The van der Waals surface area contributed by atoms with E-state index in [1.807, 2.05) is 24.3 Å². The van der Waals surface area contributed by atoms with Gasteiger partial charge in [0, 0.05) is 12.4 Å². The molecule has 1 aromatic heterocycles. The van der Waals surface area contributed by atoms with Gasteiger partial charge in [-0.2, -0.15) is 0 Å². The number of carboxylic acid groups (broad SMARTS) is 1. The van der Waals surface area contributed by atoms with Gasteiger partial charge in [-0.25, -0.2) is 4.79 Å². The lowest BCUT2D eigenvalue weighted by atomic mass is 10.1. The molecule has 0 bridgehead atoms. The molecule has 2 aromatic carbocycles. The standard InChI is InChI=1S/C28H31NO4/c30-28(31)25-11-15-27(16-12-25)33-22-6-4-2-1-3-5-21-32-26-13-9-23(10-14-26)7-8-24-17-19-29-20-18-24/h7-20H,1-6,21-22H2,(H,30,31)/b8-7+. The molecule has 0 saturated heterocycles. The number of pyridine rings is 1. The number of rotatable bonds is 14. The van der Waals surface area contributed by atoms with Gasteiger partial charge in [0.1, 0.15) is 11.5 Å². The van der Waals surface area contributed by atoms with E-state index in [0.717, 1.165) is 54.9 Å². The number of hydrogen-bond acceptors (Lipinski definition) is 4. The molecule has 5 heteroatoms. The van der Waals surface area contributed by atoms with Gasteiger partial charge in [-0.1, -0.05) is 50.0 Å². The van der Waals surface area contributed by atoms with Crippen LogP contribution in [0.2, 0.25) is 0 Å². The van der Waals surface area contributed by atoms with Crippen LogP contribution in [0.5, 0.6) is 11.5 Å². The summed E-state index contributed by atoms with van der Waals surface area (Å²) in [6.45, 7) is 1.39. The lowest BCUT2D eigenvalue weighted by Crippen LogP contribution is -1.99. The highest BCUT2D eigenvalue weighted by atomic mass is 16.5. The normalized spacial score (nSPS) is 10.9. The van der Waals surface area contributed by atoms with Crippen molar-refractivity contribution in [2.75, 3.05) is 13.2 Å². The lowest BCUT2D eigenvalue weighted by Gasteiger charge is -2.07. The van der Waals surface area contributed by atoms with Crippen LogP contribution in [0.1, 0.15) is 60.0 Å². The van der Waals surface area contributed by atoms with Crippen LogP contribution < -0.4 is 9.47 Å². The summed E-state index contributed by atoms with van der Waals surface area (Å²) in [4.78, 5) is 14.9. The number of nitrogens with zero attached hydrogens (tertiary/aromatic N) is 1. The van der Waals surface area contributed by atoms with Crippen molar-refractivity contribution >= 4 is 18.1 Å². The average Bonchev–Trinajstić information content (AvgIpc) is 2.85. The first-order valence-electron chi connectivity index (χ1n) is 11.5.